The van der Waals surface area contributed by atoms with Gasteiger partial charge < -0.3 is 14.7 Å². The van der Waals surface area contributed by atoms with Crippen LogP contribution in [0.3, 0.4) is 0 Å². The minimum atomic E-state index is -0.252. The summed E-state index contributed by atoms with van der Waals surface area (Å²) in [5.41, 5.74) is 5.81. The van der Waals surface area contributed by atoms with Gasteiger partial charge in [-0.25, -0.2) is 18.7 Å². The molecule has 2 N–H and O–H groups in total. The fourth-order valence-corrected chi connectivity index (χ4v) is 4.71. The molecule has 2 atom stereocenters. The number of nitrogens with zero attached hydrogens (tertiary/aromatic N) is 2. The molecule has 0 saturated heterocycles. The van der Waals surface area contributed by atoms with E-state index in [0.717, 1.165) is 46.5 Å². The Morgan fingerprint density at radius 3 is 1.46 bits per heavy atom. The number of nitrogens with one attached hydrogen (secondary N) is 2. The summed E-state index contributed by atoms with van der Waals surface area (Å²) in [6, 6.07) is 13.3. The first-order chi connectivity index (χ1) is 18.1. The zero-order chi connectivity index (χ0) is 26.0. The Morgan fingerprint density at radius 1 is 0.730 bits per heavy atom. The van der Waals surface area contributed by atoms with Gasteiger partial charge in [0.15, 0.2) is 0 Å². The van der Waals surface area contributed by atoms with Gasteiger partial charge in [-0.3, -0.25) is 0 Å². The molecule has 4 aromatic rings. The smallest absolute Gasteiger partial charge is 0.123 e. The number of aromatic nitrogens is 4. The predicted molar refractivity (Wildman–Crippen MR) is 143 cm³/mol. The highest BCUT2D eigenvalue weighted by molar-refractivity contribution is 5.70. The van der Waals surface area contributed by atoms with E-state index in [2.05, 4.69) is 33.8 Å². The molecule has 0 saturated carbocycles. The van der Waals surface area contributed by atoms with E-state index in [-0.39, 0.29) is 23.5 Å². The Balaban J connectivity index is 1.53. The average molecular weight is 503 g/mol. The van der Waals surface area contributed by atoms with E-state index in [0.29, 0.717) is 13.2 Å². The Labute approximate surface area is 216 Å². The standard InChI is InChI=1S/C30H32F2N4O/c1-3-25(21-5-9-23(31)10-6-21)27(29-17-33-19-35-29)13-15-37-16-14-28(30-18-34-20-36-30)26(4-2)22-7-11-24(32)12-8-22/h5-14,17-20,25-26H,3-4,15-16H2,1-2H3,(H,33,35)(H,34,36)/b27-13-,28-14-. The lowest BCUT2D eigenvalue weighted by molar-refractivity contribution is 0.194. The highest BCUT2D eigenvalue weighted by atomic mass is 19.1. The van der Waals surface area contributed by atoms with Gasteiger partial charge in [0.2, 0.25) is 0 Å². The number of benzene rings is 2. The summed E-state index contributed by atoms with van der Waals surface area (Å²) >= 11 is 0. The van der Waals surface area contributed by atoms with Crippen molar-refractivity contribution < 1.29 is 13.5 Å². The molecule has 4 rings (SSSR count). The molecule has 2 aromatic heterocycles. The van der Waals surface area contributed by atoms with Crippen LogP contribution < -0.4 is 0 Å². The van der Waals surface area contributed by atoms with Crippen LogP contribution in [0.1, 0.15) is 61.0 Å². The van der Waals surface area contributed by atoms with E-state index in [1.165, 1.54) is 24.3 Å². The molecule has 192 valence electrons. The van der Waals surface area contributed by atoms with E-state index >= 15 is 0 Å². The zero-order valence-electron chi connectivity index (χ0n) is 21.1. The summed E-state index contributed by atoms with van der Waals surface area (Å²) in [5.74, 6) is -0.383. The Morgan fingerprint density at radius 2 is 1.14 bits per heavy atom. The van der Waals surface area contributed by atoms with Crippen LogP contribution in [0.2, 0.25) is 0 Å². The van der Waals surface area contributed by atoms with Crippen LogP contribution in [-0.4, -0.2) is 33.1 Å². The molecule has 0 aliphatic heterocycles. The highest BCUT2D eigenvalue weighted by Gasteiger charge is 2.19. The normalized spacial score (nSPS) is 14.1. The van der Waals surface area contributed by atoms with Gasteiger partial charge in [0, 0.05) is 24.2 Å². The number of H-pyrrole nitrogens is 2. The Kier molecular flexibility index (Phi) is 9.16. The minimum Gasteiger partial charge on any atom is -0.373 e. The molecule has 5 nitrogen and oxygen atoms in total. The quantitative estimate of drug-likeness (QED) is 0.200. The first kappa shape index (κ1) is 26.2. The molecule has 0 spiro atoms. The lowest BCUT2D eigenvalue weighted by Crippen LogP contribution is -2.05. The monoisotopic (exact) mass is 502 g/mol. The van der Waals surface area contributed by atoms with Crippen molar-refractivity contribution >= 4 is 11.1 Å². The van der Waals surface area contributed by atoms with Crippen molar-refractivity contribution in [2.24, 2.45) is 0 Å². The number of hydrogen-bond donors (Lipinski definition) is 2. The third-order valence-corrected chi connectivity index (χ3v) is 6.54. The van der Waals surface area contributed by atoms with Crippen LogP contribution in [-0.2, 0) is 4.74 Å². The molecule has 0 aliphatic carbocycles. The fourth-order valence-electron chi connectivity index (χ4n) is 4.71. The molecule has 0 bridgehead atoms. The summed E-state index contributed by atoms with van der Waals surface area (Å²) in [5, 5.41) is 0. The summed E-state index contributed by atoms with van der Waals surface area (Å²) in [6.07, 6.45) is 12.8. The van der Waals surface area contributed by atoms with Crippen molar-refractivity contribution in [2.75, 3.05) is 13.2 Å². The van der Waals surface area contributed by atoms with E-state index in [9.17, 15) is 8.78 Å². The van der Waals surface area contributed by atoms with Crippen LogP contribution in [0.4, 0.5) is 8.78 Å². The van der Waals surface area contributed by atoms with E-state index in [1.807, 2.05) is 48.8 Å². The molecule has 37 heavy (non-hydrogen) atoms. The van der Waals surface area contributed by atoms with Crippen molar-refractivity contribution in [3.8, 4) is 0 Å². The van der Waals surface area contributed by atoms with Gasteiger partial charge in [-0.1, -0.05) is 50.3 Å². The number of aromatic amines is 2. The first-order valence-corrected chi connectivity index (χ1v) is 12.6. The lowest BCUT2D eigenvalue weighted by Gasteiger charge is -2.19. The van der Waals surface area contributed by atoms with Crippen LogP contribution >= 0.6 is 0 Å². The third kappa shape index (κ3) is 6.68. The minimum absolute atomic E-state index is 0.0607. The molecule has 0 radical (unpaired) electrons. The topological polar surface area (TPSA) is 66.6 Å². The number of rotatable bonds is 12. The second-order valence-electron chi connectivity index (χ2n) is 8.79. The maximum Gasteiger partial charge on any atom is 0.123 e. The van der Waals surface area contributed by atoms with Crippen LogP contribution in [0.25, 0.3) is 11.1 Å². The molecule has 7 heteroatoms. The maximum absolute atomic E-state index is 13.5. The van der Waals surface area contributed by atoms with Gasteiger partial charge in [0.05, 0.1) is 37.3 Å². The molecule has 0 amide bonds. The number of allylic oxidation sites excluding steroid dienone is 2. The average Bonchev–Trinajstić information content (AvgIpc) is 3.64. The number of hydrogen-bond acceptors (Lipinski definition) is 3. The Hall–Kier alpha value is -3.84. The molecular formula is C30H32F2N4O. The predicted octanol–water partition coefficient (Wildman–Crippen LogP) is 7.28. The molecule has 2 unspecified atom stereocenters. The largest absolute Gasteiger partial charge is 0.373 e. The second-order valence-corrected chi connectivity index (χ2v) is 8.79. The summed E-state index contributed by atoms with van der Waals surface area (Å²) < 4.78 is 33.1. The summed E-state index contributed by atoms with van der Waals surface area (Å²) in [7, 11) is 0. The van der Waals surface area contributed by atoms with Gasteiger partial charge >= 0.3 is 0 Å². The fraction of sp³-hybridized carbons (Fsp3) is 0.267. The number of imidazole rings is 2. The second kappa shape index (κ2) is 12.9. The highest BCUT2D eigenvalue weighted by Crippen LogP contribution is 2.35. The van der Waals surface area contributed by atoms with E-state index in [1.54, 1.807) is 12.7 Å². The van der Waals surface area contributed by atoms with Gasteiger partial charge in [0.25, 0.3) is 0 Å². The molecule has 0 aliphatic rings. The van der Waals surface area contributed by atoms with Crippen LogP contribution in [0, 0.1) is 11.6 Å². The van der Waals surface area contributed by atoms with Gasteiger partial charge in [0.1, 0.15) is 11.6 Å². The zero-order valence-corrected chi connectivity index (χ0v) is 21.1. The van der Waals surface area contributed by atoms with Crippen molar-refractivity contribution in [1.29, 1.82) is 0 Å². The Bertz CT molecular complexity index is 1180. The number of halogens is 2. The van der Waals surface area contributed by atoms with Crippen molar-refractivity contribution in [2.45, 2.75) is 38.5 Å². The first-order valence-electron chi connectivity index (χ1n) is 12.6. The van der Waals surface area contributed by atoms with E-state index in [4.69, 9.17) is 4.74 Å². The summed E-state index contributed by atoms with van der Waals surface area (Å²) in [6.45, 7) is 4.98. The molecule has 2 heterocycles. The molecule has 2 aromatic carbocycles. The SMILES string of the molecule is CCC(/C(=C/COC/C=C(\c1c[nH]cn1)C(CC)c1ccc(F)cc1)c1c[nH]cn1)c1ccc(F)cc1. The van der Waals surface area contributed by atoms with Crippen molar-refractivity contribution in [3.05, 3.63) is 120 Å². The molecule has 0 fully saturated rings. The van der Waals surface area contributed by atoms with Gasteiger partial charge in [-0.15, -0.1) is 0 Å². The van der Waals surface area contributed by atoms with Crippen molar-refractivity contribution in [1.82, 2.24) is 19.9 Å². The third-order valence-electron chi connectivity index (χ3n) is 6.54. The summed E-state index contributed by atoms with van der Waals surface area (Å²) in [4.78, 5) is 15.0. The van der Waals surface area contributed by atoms with Crippen LogP contribution in [0.5, 0.6) is 0 Å². The number of ether oxygens (including phenoxy) is 1. The lowest BCUT2D eigenvalue weighted by atomic mass is 9.87. The van der Waals surface area contributed by atoms with Crippen molar-refractivity contribution in [3.63, 3.8) is 0 Å². The molecular weight excluding hydrogens is 470 g/mol. The van der Waals surface area contributed by atoms with Gasteiger partial charge in [-0.05, 0) is 59.4 Å². The van der Waals surface area contributed by atoms with E-state index < -0.39 is 0 Å². The van der Waals surface area contributed by atoms with Gasteiger partial charge in [-0.2, -0.15) is 0 Å². The maximum atomic E-state index is 13.5. The van der Waals surface area contributed by atoms with Crippen LogP contribution in [0.15, 0.2) is 85.7 Å².